The first-order chi connectivity index (χ1) is 22.3. The molecule has 0 amide bonds. The van der Waals surface area contributed by atoms with Crippen LogP contribution >= 0.6 is 8.81 Å². The number of quaternary nitrogens is 1. The number of rotatable bonds is 38. The number of likely N-dealkylation sites (N-methyl/N-ethyl adjacent to an activating group) is 1. The van der Waals surface area contributed by atoms with Gasteiger partial charge in [0.25, 0.3) is 0 Å². The van der Waals surface area contributed by atoms with Crippen molar-refractivity contribution in [1.29, 1.82) is 0 Å². The third-order valence-electron chi connectivity index (χ3n) is 9.13. The highest BCUT2D eigenvalue weighted by atomic mass is 31.1. The summed E-state index contributed by atoms with van der Waals surface area (Å²) in [5, 5.41) is 0. The molecule has 0 saturated carbocycles. The molecule has 0 aliphatic carbocycles. The summed E-state index contributed by atoms with van der Waals surface area (Å²) in [6, 6.07) is 0. The quantitative estimate of drug-likeness (QED) is 0.0285. The molecule has 0 rings (SSSR count). The predicted molar refractivity (Wildman–Crippen MR) is 205 cm³/mol. The summed E-state index contributed by atoms with van der Waals surface area (Å²) in [5.74, 6) is 0.502. The fourth-order valence-electron chi connectivity index (χ4n) is 5.93. The van der Waals surface area contributed by atoms with E-state index in [2.05, 4.69) is 40.2 Å². The van der Waals surface area contributed by atoms with Gasteiger partial charge in [-0.05, 0) is 44.9 Å². The topological polar surface area (TPSA) is 43.4 Å². The van der Waals surface area contributed by atoms with Crippen LogP contribution in [0.2, 0.25) is 0 Å². The number of hydrogen-bond acceptors (Lipinski definition) is 3. The highest BCUT2D eigenvalue weighted by Crippen LogP contribution is 2.19. The number of hydrogen-bond donors (Lipinski definition) is 0. The molecular formula is C41H81NO3P+. The van der Waals surface area contributed by atoms with E-state index in [-0.39, 0.29) is 14.3 Å². The monoisotopic (exact) mass is 667 g/mol. The van der Waals surface area contributed by atoms with E-state index in [9.17, 15) is 9.59 Å². The molecule has 0 N–H and O–H groups in total. The molecule has 0 spiro atoms. The minimum atomic E-state index is 0.0300. The molecule has 0 fully saturated rings. The van der Waals surface area contributed by atoms with E-state index < -0.39 is 0 Å². The van der Waals surface area contributed by atoms with Crippen molar-refractivity contribution in [3.63, 3.8) is 0 Å². The molecule has 0 aromatic rings. The number of carbonyl (C=O) groups excluding carboxylic acids is 2. The van der Waals surface area contributed by atoms with Crippen LogP contribution in [0, 0.1) is 0 Å². The molecular weight excluding hydrogens is 585 g/mol. The van der Waals surface area contributed by atoms with E-state index in [0.717, 1.165) is 49.6 Å². The lowest BCUT2D eigenvalue weighted by Crippen LogP contribution is -2.37. The van der Waals surface area contributed by atoms with Crippen molar-refractivity contribution in [3.05, 3.63) is 12.2 Å². The van der Waals surface area contributed by atoms with Gasteiger partial charge in [0.2, 0.25) is 0 Å². The summed E-state index contributed by atoms with van der Waals surface area (Å²) in [7, 11) is 6.45. The van der Waals surface area contributed by atoms with Crippen LogP contribution in [0.25, 0.3) is 0 Å². The molecule has 1 unspecified atom stereocenters. The number of nitrogens with zero attached hydrogens (tertiary/aromatic N) is 1. The van der Waals surface area contributed by atoms with Crippen LogP contribution in [-0.2, 0) is 14.1 Å². The number of carbonyl (C=O) groups is 2. The fourth-order valence-corrected chi connectivity index (χ4v) is 6.56. The lowest BCUT2D eigenvalue weighted by molar-refractivity contribution is -0.870. The zero-order valence-electron chi connectivity index (χ0n) is 31.7. The summed E-state index contributed by atoms with van der Waals surface area (Å²) >= 11 is 0. The van der Waals surface area contributed by atoms with E-state index in [1.54, 1.807) is 0 Å². The maximum Gasteiger partial charge on any atom is 0.178 e. The molecule has 0 aromatic heterocycles. The lowest BCUT2D eigenvalue weighted by Gasteiger charge is -2.23. The van der Waals surface area contributed by atoms with Gasteiger partial charge in [0.15, 0.2) is 5.52 Å². The molecule has 0 aliphatic rings. The summed E-state index contributed by atoms with van der Waals surface area (Å²) in [6.07, 6.45) is 43.6. The van der Waals surface area contributed by atoms with Crippen LogP contribution in [0.15, 0.2) is 12.2 Å². The highest BCUT2D eigenvalue weighted by Gasteiger charge is 2.08. The number of allylic oxidation sites excluding steroid dienone is 2. The standard InChI is InChI=1S/C41H81NO3P/c1-5-6-7-8-9-10-11-12-14-17-20-23-26-29-32-35-40(43)36-33-30-27-24-21-18-15-13-16-19-22-25-28-31-34-37-41(44)46-45-39-38-42(2,3)4/h13,16,46H,5-12,14-15,17-39H2,1-4H3/q+1. The Balaban J connectivity index is 3.27. The first-order valence-corrected chi connectivity index (χ1v) is 21.1. The van der Waals surface area contributed by atoms with Gasteiger partial charge in [0.1, 0.15) is 18.9 Å². The summed E-state index contributed by atoms with van der Waals surface area (Å²) in [5.41, 5.74) is 0.278. The molecule has 0 aromatic carbocycles. The summed E-state index contributed by atoms with van der Waals surface area (Å²) < 4.78 is 6.41. The second-order valence-electron chi connectivity index (χ2n) is 15.1. The van der Waals surface area contributed by atoms with Gasteiger partial charge in [0.05, 0.1) is 30.0 Å². The summed E-state index contributed by atoms with van der Waals surface area (Å²) in [6.45, 7) is 3.90. The van der Waals surface area contributed by atoms with Crippen molar-refractivity contribution >= 4 is 20.1 Å². The average molecular weight is 667 g/mol. The van der Waals surface area contributed by atoms with Gasteiger partial charge in [-0.15, -0.1) is 0 Å². The highest BCUT2D eigenvalue weighted by molar-refractivity contribution is 7.53. The molecule has 0 radical (unpaired) electrons. The summed E-state index contributed by atoms with van der Waals surface area (Å²) in [4.78, 5) is 24.1. The van der Waals surface area contributed by atoms with Gasteiger partial charge < -0.3 is 9.01 Å². The van der Waals surface area contributed by atoms with Crippen LogP contribution in [0.4, 0.5) is 0 Å². The molecule has 5 heteroatoms. The smallest absolute Gasteiger partial charge is 0.178 e. The van der Waals surface area contributed by atoms with Crippen LogP contribution in [0.3, 0.4) is 0 Å². The molecule has 1 atom stereocenters. The molecule has 4 nitrogen and oxygen atoms in total. The average Bonchev–Trinajstić information content (AvgIpc) is 3.02. The van der Waals surface area contributed by atoms with Crippen molar-refractivity contribution in [2.24, 2.45) is 0 Å². The number of unbranched alkanes of at least 4 members (excludes halogenated alkanes) is 25. The molecule has 0 aliphatic heterocycles. The first-order valence-electron chi connectivity index (χ1n) is 20.2. The van der Waals surface area contributed by atoms with Crippen LogP contribution < -0.4 is 0 Å². The van der Waals surface area contributed by atoms with E-state index in [4.69, 9.17) is 4.52 Å². The van der Waals surface area contributed by atoms with Gasteiger partial charge >= 0.3 is 0 Å². The minimum absolute atomic E-state index is 0.0300. The first kappa shape index (κ1) is 45.4. The fraction of sp³-hybridized carbons (Fsp3) is 0.902. The predicted octanol–water partition coefficient (Wildman–Crippen LogP) is 13.1. The van der Waals surface area contributed by atoms with E-state index in [0.29, 0.717) is 18.8 Å². The van der Waals surface area contributed by atoms with E-state index >= 15 is 0 Å². The molecule has 272 valence electrons. The van der Waals surface area contributed by atoms with Crippen LogP contribution in [0.1, 0.15) is 206 Å². The Hall–Kier alpha value is -0.570. The van der Waals surface area contributed by atoms with Crippen molar-refractivity contribution in [2.75, 3.05) is 34.3 Å². The van der Waals surface area contributed by atoms with Crippen molar-refractivity contribution in [3.8, 4) is 0 Å². The Labute approximate surface area is 290 Å². The molecule has 0 bridgehead atoms. The van der Waals surface area contributed by atoms with Crippen molar-refractivity contribution in [2.45, 2.75) is 206 Å². The van der Waals surface area contributed by atoms with Gasteiger partial charge in [-0.3, -0.25) is 9.59 Å². The third-order valence-corrected chi connectivity index (χ3v) is 9.95. The Morgan fingerprint density at radius 1 is 0.500 bits per heavy atom. The Morgan fingerprint density at radius 2 is 0.848 bits per heavy atom. The van der Waals surface area contributed by atoms with Gasteiger partial charge in [-0.1, -0.05) is 154 Å². The normalized spacial score (nSPS) is 12.3. The largest absolute Gasteiger partial charge is 0.349 e. The van der Waals surface area contributed by atoms with Crippen LogP contribution in [0.5, 0.6) is 0 Å². The van der Waals surface area contributed by atoms with E-state index in [1.165, 1.54) is 154 Å². The zero-order valence-corrected chi connectivity index (χ0v) is 32.7. The molecule has 0 heterocycles. The SMILES string of the molecule is CCCCCCCCCCCCCCCCCC(=O)CCCCCCCCC=CCCCCCCCC(=O)POCC[N+](C)(C)C. The second kappa shape index (κ2) is 35.7. The minimum Gasteiger partial charge on any atom is -0.349 e. The number of Topliss-reactive ketones (excluding diaryl/α,β-unsaturated/α-hetero) is 1. The molecule has 0 saturated heterocycles. The van der Waals surface area contributed by atoms with Crippen molar-refractivity contribution in [1.82, 2.24) is 0 Å². The Morgan fingerprint density at radius 3 is 1.24 bits per heavy atom. The van der Waals surface area contributed by atoms with Crippen molar-refractivity contribution < 1.29 is 18.6 Å². The molecule has 46 heavy (non-hydrogen) atoms. The van der Waals surface area contributed by atoms with Gasteiger partial charge in [-0.25, -0.2) is 0 Å². The van der Waals surface area contributed by atoms with Crippen LogP contribution in [-0.4, -0.2) is 50.1 Å². The second-order valence-corrected chi connectivity index (χ2v) is 16.1. The maximum atomic E-state index is 12.2. The zero-order chi connectivity index (χ0) is 33.8. The van der Waals surface area contributed by atoms with Gasteiger partial charge in [0, 0.05) is 19.3 Å². The Bertz CT molecular complexity index is 688. The lowest BCUT2D eigenvalue weighted by atomic mass is 10.0. The number of ketones is 1. The van der Waals surface area contributed by atoms with Gasteiger partial charge in [-0.2, -0.15) is 0 Å². The third kappa shape index (κ3) is 39.6. The maximum absolute atomic E-state index is 12.2. The van der Waals surface area contributed by atoms with E-state index in [1.807, 2.05) is 0 Å². The Kier molecular flexibility index (Phi) is 35.3.